The number of rotatable bonds is 4. The van der Waals surface area contributed by atoms with Gasteiger partial charge in [-0.05, 0) is 24.3 Å². The van der Waals surface area contributed by atoms with Crippen molar-refractivity contribution < 1.29 is 13.6 Å². The van der Waals surface area contributed by atoms with Gasteiger partial charge in [-0.1, -0.05) is 23.7 Å². The van der Waals surface area contributed by atoms with Crippen molar-refractivity contribution in [2.45, 2.75) is 6.42 Å². The van der Waals surface area contributed by atoms with Crippen molar-refractivity contribution in [3.63, 3.8) is 0 Å². The van der Waals surface area contributed by atoms with Gasteiger partial charge in [0.05, 0.1) is 17.8 Å². The maximum atomic E-state index is 13.7. The summed E-state index contributed by atoms with van der Waals surface area (Å²) in [6, 6.07) is 10.4. The molecule has 4 nitrogen and oxygen atoms in total. The number of benzene rings is 2. The number of anilines is 1. The Bertz CT molecular complexity index is 1160. The predicted octanol–water partition coefficient (Wildman–Crippen LogP) is 5.18. The van der Waals surface area contributed by atoms with Gasteiger partial charge in [-0.15, -0.1) is 11.3 Å². The number of nitrogens with one attached hydrogen (secondary N) is 1. The number of carbonyl (C=O) groups is 1. The molecule has 0 unspecified atom stereocenters. The Morgan fingerprint density at radius 2 is 2.07 bits per heavy atom. The normalized spacial score (nSPS) is 11.1. The third-order valence-electron chi connectivity index (χ3n) is 3.95. The highest BCUT2D eigenvalue weighted by Gasteiger charge is 2.14. The summed E-state index contributed by atoms with van der Waals surface area (Å²) in [7, 11) is 0. The molecule has 0 radical (unpaired) electrons. The van der Waals surface area contributed by atoms with E-state index in [9.17, 15) is 13.6 Å². The van der Waals surface area contributed by atoms with Gasteiger partial charge in [0, 0.05) is 33.9 Å². The summed E-state index contributed by atoms with van der Waals surface area (Å²) in [5, 5.41) is 4.90. The van der Waals surface area contributed by atoms with Crippen LogP contribution in [0.25, 0.3) is 16.2 Å². The number of hydrogen-bond donors (Lipinski definition) is 1. The molecule has 0 aliphatic rings. The molecule has 8 heteroatoms. The number of amides is 1. The first-order valence-corrected chi connectivity index (χ1v) is 9.21. The van der Waals surface area contributed by atoms with Crippen molar-refractivity contribution in [1.29, 1.82) is 0 Å². The molecule has 0 aliphatic carbocycles. The van der Waals surface area contributed by atoms with Crippen molar-refractivity contribution in [3.05, 3.63) is 76.4 Å². The number of hydrogen-bond acceptors (Lipinski definition) is 3. The summed E-state index contributed by atoms with van der Waals surface area (Å²) < 4.78 is 28.5. The van der Waals surface area contributed by atoms with Crippen LogP contribution in [0.1, 0.15) is 5.69 Å². The monoisotopic (exact) mass is 403 g/mol. The molecule has 0 spiro atoms. The van der Waals surface area contributed by atoms with Crippen LogP contribution in [-0.4, -0.2) is 15.3 Å². The molecule has 0 aliphatic heterocycles. The zero-order valence-corrected chi connectivity index (χ0v) is 15.3. The molecule has 0 saturated carbocycles. The highest BCUT2D eigenvalue weighted by atomic mass is 35.5. The van der Waals surface area contributed by atoms with E-state index in [1.54, 1.807) is 6.07 Å². The van der Waals surface area contributed by atoms with Crippen molar-refractivity contribution in [3.8, 4) is 11.3 Å². The molecule has 27 heavy (non-hydrogen) atoms. The van der Waals surface area contributed by atoms with Crippen LogP contribution in [0.15, 0.2) is 54.0 Å². The zero-order valence-electron chi connectivity index (χ0n) is 13.7. The van der Waals surface area contributed by atoms with Gasteiger partial charge in [0.1, 0.15) is 11.6 Å². The topological polar surface area (TPSA) is 46.4 Å². The maximum absolute atomic E-state index is 13.7. The average Bonchev–Trinajstić information content (AvgIpc) is 3.20. The highest BCUT2D eigenvalue weighted by Crippen LogP contribution is 2.26. The van der Waals surface area contributed by atoms with E-state index < -0.39 is 17.5 Å². The Balaban J connectivity index is 1.56. The minimum absolute atomic E-state index is 0.0299. The van der Waals surface area contributed by atoms with E-state index in [1.807, 2.05) is 34.2 Å². The summed E-state index contributed by atoms with van der Waals surface area (Å²) in [6.45, 7) is 0. The smallest absolute Gasteiger partial charge is 0.230 e. The Labute approximate surface area is 162 Å². The van der Waals surface area contributed by atoms with Gasteiger partial charge < -0.3 is 5.32 Å². The third-order valence-corrected chi connectivity index (χ3v) is 5.07. The predicted molar refractivity (Wildman–Crippen MR) is 102 cm³/mol. The van der Waals surface area contributed by atoms with Gasteiger partial charge in [0.15, 0.2) is 4.96 Å². The summed E-state index contributed by atoms with van der Waals surface area (Å²) in [4.78, 5) is 17.6. The van der Waals surface area contributed by atoms with E-state index in [2.05, 4.69) is 10.3 Å². The Hall–Kier alpha value is -2.77. The molecule has 2 heterocycles. The summed E-state index contributed by atoms with van der Waals surface area (Å²) >= 11 is 7.43. The first-order chi connectivity index (χ1) is 13.0. The standard InChI is InChI=1S/C19H12ClF2N3OS/c20-12-3-1-2-11(6-12)17-9-25-14(10-27-19(25)24-17)8-18(26)23-16-5-4-13(21)7-15(16)22/h1-7,9-10H,8H2,(H,23,26). The van der Waals surface area contributed by atoms with Crippen LogP contribution in [0.5, 0.6) is 0 Å². The lowest BCUT2D eigenvalue weighted by Gasteiger charge is -2.06. The molecular weight excluding hydrogens is 392 g/mol. The van der Waals surface area contributed by atoms with Crippen LogP contribution >= 0.6 is 22.9 Å². The third kappa shape index (κ3) is 3.70. The minimum Gasteiger partial charge on any atom is -0.323 e. The molecule has 4 aromatic rings. The number of nitrogens with zero attached hydrogens (tertiary/aromatic N) is 2. The van der Waals surface area contributed by atoms with E-state index in [0.717, 1.165) is 34.0 Å². The van der Waals surface area contributed by atoms with E-state index in [0.29, 0.717) is 5.02 Å². The number of imidazole rings is 1. The minimum atomic E-state index is -0.815. The van der Waals surface area contributed by atoms with Gasteiger partial charge in [0.25, 0.3) is 0 Å². The zero-order chi connectivity index (χ0) is 19.0. The molecule has 2 aromatic carbocycles. The lowest BCUT2D eigenvalue weighted by Crippen LogP contribution is -2.16. The molecule has 0 saturated heterocycles. The van der Waals surface area contributed by atoms with E-state index >= 15 is 0 Å². The molecule has 4 rings (SSSR count). The van der Waals surface area contributed by atoms with Gasteiger partial charge in [-0.2, -0.15) is 0 Å². The van der Waals surface area contributed by atoms with Crippen molar-refractivity contribution in [1.82, 2.24) is 9.38 Å². The lowest BCUT2D eigenvalue weighted by atomic mass is 10.2. The first kappa shape index (κ1) is 17.6. The average molecular weight is 404 g/mol. The van der Waals surface area contributed by atoms with Crippen LogP contribution in [0.3, 0.4) is 0 Å². The van der Waals surface area contributed by atoms with Gasteiger partial charge >= 0.3 is 0 Å². The second-order valence-electron chi connectivity index (χ2n) is 5.87. The van der Waals surface area contributed by atoms with Crippen LogP contribution in [0.2, 0.25) is 5.02 Å². The fraction of sp³-hybridized carbons (Fsp3) is 0.0526. The van der Waals surface area contributed by atoms with Crippen molar-refractivity contribution in [2.24, 2.45) is 0 Å². The van der Waals surface area contributed by atoms with Crippen LogP contribution in [0, 0.1) is 11.6 Å². The van der Waals surface area contributed by atoms with E-state index in [1.165, 1.54) is 17.4 Å². The second kappa shape index (κ2) is 7.09. The fourth-order valence-corrected chi connectivity index (χ4v) is 3.76. The van der Waals surface area contributed by atoms with Gasteiger partial charge in [-0.3, -0.25) is 9.20 Å². The lowest BCUT2D eigenvalue weighted by molar-refractivity contribution is -0.115. The number of aromatic nitrogens is 2. The summed E-state index contributed by atoms with van der Waals surface area (Å²) in [5.74, 6) is -1.92. The molecule has 0 fully saturated rings. The molecule has 0 bridgehead atoms. The Morgan fingerprint density at radius 3 is 2.85 bits per heavy atom. The van der Waals surface area contributed by atoms with E-state index in [-0.39, 0.29) is 12.1 Å². The molecule has 0 atom stereocenters. The maximum Gasteiger partial charge on any atom is 0.230 e. The fourth-order valence-electron chi connectivity index (χ4n) is 2.69. The number of thiazole rings is 1. The second-order valence-corrected chi connectivity index (χ2v) is 7.14. The van der Waals surface area contributed by atoms with Crippen LogP contribution < -0.4 is 5.32 Å². The van der Waals surface area contributed by atoms with Crippen molar-refractivity contribution in [2.75, 3.05) is 5.32 Å². The van der Waals surface area contributed by atoms with Crippen LogP contribution in [0.4, 0.5) is 14.5 Å². The first-order valence-electron chi connectivity index (χ1n) is 7.96. The highest BCUT2D eigenvalue weighted by molar-refractivity contribution is 7.15. The molecule has 136 valence electrons. The Morgan fingerprint density at radius 1 is 1.22 bits per heavy atom. The summed E-state index contributed by atoms with van der Waals surface area (Å²) in [5.41, 5.74) is 2.28. The number of carbonyl (C=O) groups excluding carboxylic acids is 1. The van der Waals surface area contributed by atoms with Gasteiger partial charge in [-0.25, -0.2) is 13.8 Å². The molecule has 2 aromatic heterocycles. The molecule has 1 N–H and O–H groups in total. The van der Waals surface area contributed by atoms with Crippen molar-refractivity contribution >= 4 is 39.5 Å². The number of fused-ring (bicyclic) bond motifs is 1. The summed E-state index contributed by atoms with van der Waals surface area (Å²) in [6.07, 6.45) is 1.86. The quantitative estimate of drug-likeness (QED) is 0.510. The molecular formula is C19H12ClF2N3OS. The Kier molecular flexibility index (Phi) is 4.63. The molecule has 1 amide bonds. The van der Waals surface area contributed by atoms with Crippen LogP contribution in [-0.2, 0) is 11.2 Å². The van der Waals surface area contributed by atoms with E-state index in [4.69, 9.17) is 11.6 Å². The largest absolute Gasteiger partial charge is 0.323 e. The number of halogens is 3. The SMILES string of the molecule is O=C(Cc1csc2nc(-c3cccc(Cl)c3)cn12)Nc1ccc(F)cc1F. The van der Waals surface area contributed by atoms with Gasteiger partial charge in [0.2, 0.25) is 5.91 Å².